The summed E-state index contributed by atoms with van der Waals surface area (Å²) in [7, 11) is 0. The third-order valence-electron chi connectivity index (χ3n) is 3.04. The van der Waals surface area contributed by atoms with Gasteiger partial charge in [0.15, 0.2) is 0 Å². The Hall–Kier alpha value is -2.29. The molecule has 1 radical (unpaired) electrons. The zero-order valence-corrected chi connectivity index (χ0v) is 15.8. The number of nitrogens with zero attached hydrogens (tertiary/aromatic N) is 1. The van der Waals surface area contributed by atoms with E-state index in [1.165, 1.54) is 24.6 Å². The zero-order valence-electron chi connectivity index (χ0n) is 13.4. The van der Waals surface area contributed by atoms with E-state index in [0.717, 1.165) is 17.7 Å². The number of hydrogen-bond donors (Lipinski definition) is 0. The molecule has 0 aliphatic carbocycles. The number of aromatic nitrogens is 1. The van der Waals surface area contributed by atoms with E-state index in [1.807, 2.05) is 48.7 Å². The molecular weight excluding hydrogens is 478 g/mol. The van der Waals surface area contributed by atoms with Gasteiger partial charge in [-0.1, -0.05) is 24.3 Å². The third kappa shape index (κ3) is 5.73. The molecule has 0 aliphatic heterocycles. The Morgan fingerprint density at radius 2 is 1.62 bits per heavy atom. The molecule has 3 nitrogen and oxygen atoms in total. The van der Waals surface area contributed by atoms with E-state index >= 15 is 0 Å². The van der Waals surface area contributed by atoms with Gasteiger partial charge in [0.25, 0.3) is 0 Å². The van der Waals surface area contributed by atoms with Crippen LogP contribution in [0.15, 0.2) is 60.8 Å². The van der Waals surface area contributed by atoms with Crippen LogP contribution in [0.2, 0.25) is 0 Å². The number of ketones is 2. The molecule has 0 unspecified atom stereocenters. The molecule has 0 N–H and O–H groups in total. The monoisotopic (exact) mass is 496 g/mol. The Bertz CT molecular complexity index is 799. The van der Waals surface area contributed by atoms with Gasteiger partial charge in [0.2, 0.25) is 0 Å². The van der Waals surface area contributed by atoms with Crippen LogP contribution in [-0.2, 0) is 29.7 Å². The van der Waals surface area contributed by atoms with E-state index in [9.17, 15) is 9.59 Å². The second-order valence-electron chi connectivity index (χ2n) is 5.02. The predicted molar refractivity (Wildman–Crippen MR) is 91.7 cm³/mol. The van der Waals surface area contributed by atoms with E-state index in [2.05, 4.69) is 23.2 Å². The average Bonchev–Trinajstić information content (AvgIpc) is 2.54. The molecule has 4 heteroatoms. The Balaban J connectivity index is 0.000000312. The van der Waals surface area contributed by atoms with Crippen molar-refractivity contribution in [3.63, 3.8) is 0 Å². The smallest absolute Gasteiger partial charge is 0.0167 e. The third-order valence-corrected chi connectivity index (χ3v) is 3.04. The molecule has 24 heavy (non-hydrogen) atoms. The first kappa shape index (κ1) is 19.8. The van der Waals surface area contributed by atoms with Crippen molar-refractivity contribution < 1.29 is 29.7 Å². The Kier molecular flexibility index (Phi) is 8.03. The first-order valence-electron chi connectivity index (χ1n) is 7.24. The van der Waals surface area contributed by atoms with Crippen molar-refractivity contribution in [1.82, 2.24) is 4.98 Å². The Labute approximate surface area is 155 Å². The zero-order chi connectivity index (χ0) is 16.7. The van der Waals surface area contributed by atoms with E-state index in [4.69, 9.17) is 0 Å². The van der Waals surface area contributed by atoms with Gasteiger partial charge in [-0.3, -0.25) is 6.42 Å². The van der Waals surface area contributed by atoms with Crippen LogP contribution in [0.4, 0.5) is 0 Å². The molecule has 0 aliphatic rings. The number of carbonyl (C=O) groups is 2. The van der Waals surface area contributed by atoms with Crippen LogP contribution in [0.3, 0.4) is 0 Å². The molecule has 0 fully saturated rings. The minimum Gasteiger partial charge on any atom is -0.334 e. The van der Waals surface area contributed by atoms with Gasteiger partial charge in [0.1, 0.15) is 0 Å². The van der Waals surface area contributed by atoms with E-state index in [-0.39, 0.29) is 31.7 Å². The van der Waals surface area contributed by atoms with Gasteiger partial charge in [0, 0.05) is 37.9 Å². The summed E-state index contributed by atoms with van der Waals surface area (Å²) in [5.41, 5.74) is 2.04. The largest absolute Gasteiger partial charge is 0.334 e. The number of rotatable bonds is 3. The molecule has 0 saturated carbocycles. The molecule has 1 heterocycles. The normalized spacial score (nSPS) is 9.25. The number of hydrogen-bond acceptors (Lipinski definition) is 3. The van der Waals surface area contributed by atoms with Gasteiger partial charge < -0.3 is 14.6 Å². The van der Waals surface area contributed by atoms with Gasteiger partial charge in [-0.15, -0.1) is 35.9 Å². The van der Waals surface area contributed by atoms with E-state index in [0.29, 0.717) is 0 Å². The van der Waals surface area contributed by atoms with Crippen molar-refractivity contribution in [1.29, 1.82) is 0 Å². The van der Waals surface area contributed by atoms with Crippen molar-refractivity contribution in [2.24, 2.45) is 0 Å². The first-order chi connectivity index (χ1) is 11.1. The van der Waals surface area contributed by atoms with Crippen LogP contribution in [0.5, 0.6) is 0 Å². The Morgan fingerprint density at radius 3 is 2.21 bits per heavy atom. The number of benzene rings is 2. The summed E-state index contributed by atoms with van der Waals surface area (Å²) in [4.78, 5) is 24.4. The maximum atomic E-state index is 9.98. The van der Waals surface area contributed by atoms with Crippen LogP contribution in [0.25, 0.3) is 22.0 Å². The minimum atomic E-state index is -0.187. The number of fused-ring (bicyclic) bond motifs is 1. The quantitative estimate of drug-likeness (QED) is 0.407. The summed E-state index contributed by atoms with van der Waals surface area (Å²) in [6.07, 6.45) is 2.90. The second kappa shape index (κ2) is 9.76. The van der Waals surface area contributed by atoms with Crippen molar-refractivity contribution >= 4 is 22.3 Å². The number of carbonyl (C=O) groups excluding carboxylic acids is 2. The minimum absolute atomic E-state index is 0. The second-order valence-corrected chi connectivity index (χ2v) is 5.02. The van der Waals surface area contributed by atoms with Crippen LogP contribution in [-0.4, -0.2) is 16.6 Å². The molecule has 0 bridgehead atoms. The van der Waals surface area contributed by atoms with Crippen LogP contribution in [0, 0.1) is 12.5 Å². The van der Waals surface area contributed by atoms with Crippen LogP contribution in [0.1, 0.15) is 13.8 Å². The van der Waals surface area contributed by atoms with Crippen molar-refractivity contribution in [2.75, 3.05) is 0 Å². The fourth-order valence-corrected chi connectivity index (χ4v) is 2.16. The van der Waals surface area contributed by atoms with E-state index < -0.39 is 0 Å². The molecule has 0 spiro atoms. The fourth-order valence-electron chi connectivity index (χ4n) is 2.16. The van der Waals surface area contributed by atoms with Gasteiger partial charge in [-0.05, 0) is 36.4 Å². The molecule has 3 rings (SSSR count). The van der Waals surface area contributed by atoms with Crippen LogP contribution < -0.4 is 0 Å². The molecule has 0 saturated heterocycles. The summed E-state index contributed by atoms with van der Waals surface area (Å²) >= 11 is 0. The first-order valence-corrected chi connectivity index (χ1v) is 7.24. The Morgan fingerprint density at radius 1 is 0.958 bits per heavy atom. The molecule has 125 valence electrons. The molecular formula is C20H17IrNO2-2. The summed E-state index contributed by atoms with van der Waals surface area (Å²) in [6, 6.07) is 21.4. The molecule has 0 atom stereocenters. The maximum absolute atomic E-state index is 9.98. The summed E-state index contributed by atoms with van der Waals surface area (Å²) in [5, 5.41) is 2.39. The van der Waals surface area contributed by atoms with Crippen molar-refractivity contribution in [3.05, 3.63) is 73.3 Å². The van der Waals surface area contributed by atoms with Gasteiger partial charge >= 0.3 is 0 Å². The topological polar surface area (TPSA) is 47.0 Å². The summed E-state index contributed by atoms with van der Waals surface area (Å²) in [6.45, 7) is 2.70. The summed E-state index contributed by atoms with van der Waals surface area (Å²) in [5.74, 6) is -0.375. The SMILES string of the molecule is CC(=O)[CH-]C(C)=O.[Ir].[c-]1ccccc1-c1nccc2ccccc12. The number of pyridine rings is 1. The molecule has 2 aromatic carbocycles. The van der Waals surface area contributed by atoms with Crippen molar-refractivity contribution in [3.8, 4) is 11.3 Å². The van der Waals surface area contributed by atoms with E-state index in [1.54, 1.807) is 0 Å². The molecule has 0 amide bonds. The average molecular weight is 496 g/mol. The maximum Gasteiger partial charge on any atom is 0.0167 e. The van der Waals surface area contributed by atoms with Gasteiger partial charge in [-0.25, -0.2) is 0 Å². The predicted octanol–water partition coefficient (Wildman–Crippen LogP) is 4.07. The molecule has 3 aromatic rings. The van der Waals surface area contributed by atoms with Crippen molar-refractivity contribution in [2.45, 2.75) is 13.8 Å². The van der Waals surface area contributed by atoms with Crippen LogP contribution >= 0.6 is 0 Å². The fraction of sp³-hybridized carbons (Fsp3) is 0.100. The standard InChI is InChI=1S/C15H10N.C5H7O2.Ir/c1-2-7-13(8-3-1)15-14-9-5-4-6-12(14)10-11-16-15;1-4(6)3-5(2)7;/h1-7,9-11H;3H,1-2H3;/q2*-1;. The summed E-state index contributed by atoms with van der Waals surface area (Å²) < 4.78 is 0. The molecule has 1 aromatic heterocycles. The van der Waals surface area contributed by atoms with Gasteiger partial charge in [0.05, 0.1) is 0 Å². The van der Waals surface area contributed by atoms with Gasteiger partial charge in [-0.2, -0.15) is 0 Å². The number of Topliss-reactive ketones (excluding diaryl/α,β-unsaturated/α-hetero) is 2.